The summed E-state index contributed by atoms with van der Waals surface area (Å²) in [6, 6.07) is 17.7. The Balaban J connectivity index is 0.000000234. The van der Waals surface area contributed by atoms with Gasteiger partial charge in [0.25, 0.3) is 11.8 Å². The quantitative estimate of drug-likeness (QED) is 0.192. The smallest absolute Gasteiger partial charge is 0.325 e. The minimum absolute atomic E-state index is 0.0101. The summed E-state index contributed by atoms with van der Waals surface area (Å²) in [4.78, 5) is 60.1. The van der Waals surface area contributed by atoms with Gasteiger partial charge in [-0.2, -0.15) is 0 Å². The van der Waals surface area contributed by atoms with E-state index in [2.05, 4.69) is 33.6 Å². The standard InChI is InChI=1S/2C22H22N2O6S/c2*1-2-3-15-30-18-6-8-19(9-7-18)31(28,29)22(21(26)27)10-13-24(14-11-22)20(25)17-5-4-12-23-16-17/h2*4-9,12,16H,10-11,13-15H2,1H3,(H,26,27). The van der Waals surface area contributed by atoms with Crippen LogP contribution in [0.1, 0.15) is 60.2 Å². The first-order chi connectivity index (χ1) is 29.6. The number of carboxylic acids is 2. The minimum Gasteiger partial charge on any atom is -0.481 e. The Hall–Kier alpha value is -6.76. The summed E-state index contributed by atoms with van der Waals surface area (Å²) >= 11 is 0. The Kier molecular flexibility index (Phi) is 15.1. The van der Waals surface area contributed by atoms with E-state index in [4.69, 9.17) is 9.47 Å². The number of rotatable bonds is 12. The maximum absolute atomic E-state index is 13.3. The zero-order valence-corrected chi connectivity index (χ0v) is 35.5. The fourth-order valence-electron chi connectivity index (χ4n) is 6.95. The molecule has 2 amide bonds. The van der Waals surface area contributed by atoms with Crippen LogP contribution in [0, 0.1) is 23.7 Å². The number of aliphatic carboxylic acids is 2. The highest BCUT2D eigenvalue weighted by atomic mass is 32.2. The lowest BCUT2D eigenvalue weighted by Crippen LogP contribution is -2.55. The first-order valence-corrected chi connectivity index (χ1v) is 22.2. The molecule has 2 aromatic carbocycles. The normalized spacial score (nSPS) is 15.5. The Morgan fingerprint density at radius 1 is 0.597 bits per heavy atom. The highest BCUT2D eigenvalue weighted by molar-refractivity contribution is 7.94. The van der Waals surface area contributed by atoms with Crippen molar-refractivity contribution in [1.82, 2.24) is 19.8 Å². The molecule has 0 radical (unpaired) electrons. The molecule has 62 heavy (non-hydrogen) atoms. The van der Waals surface area contributed by atoms with E-state index in [9.17, 15) is 46.2 Å². The van der Waals surface area contributed by atoms with Crippen LogP contribution in [0.4, 0.5) is 0 Å². The molecule has 2 aliphatic rings. The number of sulfone groups is 2. The predicted octanol–water partition coefficient (Wildman–Crippen LogP) is 4.03. The van der Waals surface area contributed by atoms with Crippen molar-refractivity contribution in [1.29, 1.82) is 0 Å². The molecule has 18 heteroatoms. The van der Waals surface area contributed by atoms with Gasteiger partial charge in [0.05, 0.1) is 20.9 Å². The Bertz CT molecular complexity index is 2400. The van der Waals surface area contributed by atoms with Crippen molar-refractivity contribution < 1.29 is 55.7 Å². The van der Waals surface area contributed by atoms with Crippen molar-refractivity contribution in [3.63, 3.8) is 0 Å². The number of pyridine rings is 2. The Morgan fingerprint density at radius 2 is 0.935 bits per heavy atom. The summed E-state index contributed by atoms with van der Waals surface area (Å²) in [5, 5.41) is 19.8. The van der Waals surface area contributed by atoms with E-state index in [1.54, 1.807) is 50.5 Å². The lowest BCUT2D eigenvalue weighted by molar-refractivity contribution is -0.142. The number of hydrogen-bond acceptors (Lipinski definition) is 12. The average molecular weight is 885 g/mol. The van der Waals surface area contributed by atoms with Crippen molar-refractivity contribution in [2.75, 3.05) is 39.4 Å². The zero-order valence-electron chi connectivity index (χ0n) is 33.9. The van der Waals surface area contributed by atoms with Crippen LogP contribution in [0.3, 0.4) is 0 Å². The van der Waals surface area contributed by atoms with Gasteiger partial charge in [-0.25, -0.2) is 16.8 Å². The van der Waals surface area contributed by atoms with Crippen LogP contribution in [0.25, 0.3) is 0 Å². The second kappa shape index (κ2) is 20.2. The number of carboxylic acid groups (broad SMARTS) is 2. The van der Waals surface area contributed by atoms with E-state index in [0.29, 0.717) is 22.6 Å². The van der Waals surface area contributed by atoms with Crippen LogP contribution in [-0.4, -0.2) is 119 Å². The van der Waals surface area contributed by atoms with Gasteiger partial charge in [0.15, 0.2) is 29.2 Å². The maximum Gasteiger partial charge on any atom is 0.325 e. The molecular weight excluding hydrogens is 841 g/mol. The van der Waals surface area contributed by atoms with Crippen LogP contribution < -0.4 is 9.47 Å². The third-order valence-corrected chi connectivity index (χ3v) is 15.6. The maximum atomic E-state index is 13.3. The Morgan fingerprint density at radius 3 is 1.21 bits per heavy atom. The fraction of sp³-hybridized carbons (Fsp3) is 0.318. The molecule has 2 aliphatic heterocycles. The molecule has 6 rings (SSSR count). The monoisotopic (exact) mass is 884 g/mol. The van der Waals surface area contributed by atoms with Crippen molar-refractivity contribution in [3.05, 3.63) is 109 Å². The predicted molar refractivity (Wildman–Crippen MR) is 225 cm³/mol. The molecule has 0 saturated carbocycles. The van der Waals surface area contributed by atoms with Gasteiger partial charge in [-0.3, -0.25) is 29.1 Å². The molecule has 0 bridgehead atoms. The van der Waals surface area contributed by atoms with E-state index in [-0.39, 0.29) is 86.7 Å². The van der Waals surface area contributed by atoms with Gasteiger partial charge >= 0.3 is 11.9 Å². The number of likely N-dealkylation sites (tertiary alicyclic amines) is 2. The topological polar surface area (TPSA) is 228 Å². The van der Waals surface area contributed by atoms with Crippen molar-refractivity contribution in [3.8, 4) is 35.2 Å². The van der Waals surface area contributed by atoms with Gasteiger partial charge in [0.1, 0.15) is 24.7 Å². The van der Waals surface area contributed by atoms with Gasteiger partial charge in [-0.1, -0.05) is 11.8 Å². The molecule has 0 aliphatic carbocycles. The van der Waals surface area contributed by atoms with Gasteiger partial charge < -0.3 is 29.5 Å². The second-order valence-corrected chi connectivity index (χ2v) is 18.6. The number of carbonyl (C=O) groups is 4. The number of carbonyl (C=O) groups excluding carboxylic acids is 2. The fourth-order valence-corrected chi connectivity index (χ4v) is 10.7. The Labute approximate surface area is 359 Å². The third-order valence-electron chi connectivity index (χ3n) is 10.6. The van der Waals surface area contributed by atoms with Gasteiger partial charge in [-0.15, -0.1) is 11.8 Å². The van der Waals surface area contributed by atoms with Crippen molar-refractivity contribution in [2.45, 2.75) is 58.8 Å². The van der Waals surface area contributed by atoms with Crippen molar-refractivity contribution in [2.24, 2.45) is 0 Å². The summed E-state index contributed by atoms with van der Waals surface area (Å²) in [5.41, 5.74) is 0.744. The van der Waals surface area contributed by atoms with E-state index in [1.807, 2.05) is 0 Å². The van der Waals surface area contributed by atoms with E-state index in [1.165, 1.54) is 70.7 Å². The summed E-state index contributed by atoms with van der Waals surface area (Å²) in [6.07, 6.45) is 5.11. The largest absolute Gasteiger partial charge is 0.481 e. The minimum atomic E-state index is -4.21. The van der Waals surface area contributed by atoms with Crippen LogP contribution >= 0.6 is 0 Å². The highest BCUT2D eigenvalue weighted by Crippen LogP contribution is 2.38. The summed E-state index contributed by atoms with van der Waals surface area (Å²) in [5.74, 6) is 8.27. The molecular formula is C44H44N4O12S2. The molecule has 2 N–H and O–H groups in total. The molecule has 4 heterocycles. The number of nitrogens with zero attached hydrogens (tertiary/aromatic N) is 4. The number of hydrogen-bond donors (Lipinski definition) is 2. The molecule has 324 valence electrons. The van der Waals surface area contributed by atoms with Gasteiger partial charge in [0, 0.05) is 51.0 Å². The third kappa shape index (κ3) is 9.88. The zero-order chi connectivity index (χ0) is 45.0. The van der Waals surface area contributed by atoms with E-state index >= 15 is 0 Å². The number of ether oxygens (including phenoxy) is 2. The average Bonchev–Trinajstić information content (AvgIpc) is 3.29. The summed E-state index contributed by atoms with van der Waals surface area (Å²) in [7, 11) is -8.42. The second-order valence-electron chi connectivity index (χ2n) is 14.0. The molecule has 0 unspecified atom stereocenters. The molecule has 2 fully saturated rings. The van der Waals surface area contributed by atoms with Gasteiger partial charge in [-0.05, 0) is 112 Å². The molecule has 16 nitrogen and oxygen atoms in total. The number of piperidine rings is 2. The first kappa shape index (κ1) is 46.3. The van der Waals surface area contributed by atoms with E-state index in [0.717, 1.165) is 0 Å². The number of aromatic nitrogens is 2. The highest BCUT2D eigenvalue weighted by Gasteiger charge is 2.55. The van der Waals surface area contributed by atoms with Crippen molar-refractivity contribution >= 4 is 43.4 Å². The SMILES string of the molecule is CC#CCOc1ccc(S(=O)(=O)C2(C(=O)O)CCN(C(=O)c3cccnc3)CC2)cc1.CC#CCOc1ccc(S(=O)(=O)C2(C(=O)O)CCN(C(=O)c3cccnc3)CC2)cc1. The molecule has 0 spiro atoms. The van der Waals surface area contributed by atoms with E-state index < -0.39 is 41.1 Å². The van der Waals surface area contributed by atoms with Crippen LogP contribution in [0.15, 0.2) is 107 Å². The number of benzene rings is 2. The lowest BCUT2D eigenvalue weighted by Gasteiger charge is -2.38. The first-order valence-electron chi connectivity index (χ1n) is 19.2. The summed E-state index contributed by atoms with van der Waals surface area (Å²) in [6.45, 7) is 3.74. The van der Waals surface area contributed by atoms with Gasteiger partial charge in [0.2, 0.25) is 0 Å². The van der Waals surface area contributed by atoms with Crippen LogP contribution in [0.5, 0.6) is 11.5 Å². The number of amides is 2. The summed E-state index contributed by atoms with van der Waals surface area (Å²) < 4.78 is 60.0. The molecule has 0 atom stereocenters. The molecule has 4 aromatic rings. The van der Waals surface area contributed by atoms with Crippen LogP contribution in [-0.2, 0) is 29.3 Å². The molecule has 2 aromatic heterocycles. The lowest BCUT2D eigenvalue weighted by atomic mass is 9.95. The van der Waals surface area contributed by atoms with Crippen LogP contribution in [0.2, 0.25) is 0 Å². The molecule has 2 saturated heterocycles.